The highest BCUT2D eigenvalue weighted by atomic mass is 35.5. The molecule has 3 aromatic carbocycles. The Bertz CT molecular complexity index is 1760. The van der Waals surface area contributed by atoms with E-state index in [1.165, 1.54) is 0 Å². The summed E-state index contributed by atoms with van der Waals surface area (Å²) in [5.74, 6) is 0.731. The highest BCUT2D eigenvalue weighted by Crippen LogP contribution is 2.55. The van der Waals surface area contributed by atoms with Gasteiger partial charge in [-0.3, -0.25) is 14.5 Å². The van der Waals surface area contributed by atoms with Gasteiger partial charge in [-0.15, -0.1) is 0 Å². The molecule has 0 radical (unpaired) electrons. The van der Waals surface area contributed by atoms with Gasteiger partial charge in [-0.05, 0) is 74.2 Å². The molecular weight excluding hydrogens is 559 g/mol. The number of methoxy groups -OCH3 is 1. The predicted octanol–water partition coefficient (Wildman–Crippen LogP) is 7.73. The molecule has 0 unspecified atom stereocenters. The Morgan fingerprint density at radius 3 is 2.34 bits per heavy atom. The number of ether oxygens (including phenoxy) is 1. The zero-order chi connectivity index (χ0) is 29.4. The van der Waals surface area contributed by atoms with Crippen LogP contribution in [-0.4, -0.2) is 28.5 Å². The molecule has 7 nitrogen and oxygen atoms in total. The molecule has 9 heteroatoms. The topological polar surface area (TPSA) is 76.5 Å². The van der Waals surface area contributed by atoms with Gasteiger partial charge < -0.3 is 14.6 Å². The number of hydrogen-bond acceptors (Lipinski definition) is 4. The molecule has 2 aliphatic rings. The van der Waals surface area contributed by atoms with Crippen molar-refractivity contribution in [2.45, 2.75) is 52.1 Å². The van der Waals surface area contributed by atoms with Gasteiger partial charge in [0, 0.05) is 32.9 Å². The van der Waals surface area contributed by atoms with E-state index >= 15 is 0 Å². The van der Waals surface area contributed by atoms with Gasteiger partial charge in [0.25, 0.3) is 11.8 Å². The normalized spacial score (nSPS) is 17.6. The molecule has 210 valence electrons. The maximum Gasteiger partial charge on any atom is 0.280 e. The van der Waals surface area contributed by atoms with Crippen molar-refractivity contribution in [3.05, 3.63) is 92.7 Å². The lowest BCUT2D eigenvalue weighted by molar-refractivity contribution is -0.119. The lowest BCUT2D eigenvalue weighted by atomic mass is 9.86. The summed E-state index contributed by atoms with van der Waals surface area (Å²) in [6.07, 6.45) is 0. The van der Waals surface area contributed by atoms with Crippen LogP contribution in [0.15, 0.2) is 54.6 Å². The number of aromatic nitrogens is 2. The van der Waals surface area contributed by atoms with Crippen molar-refractivity contribution in [1.29, 1.82) is 0 Å². The van der Waals surface area contributed by atoms with Crippen molar-refractivity contribution in [3.63, 3.8) is 0 Å². The van der Waals surface area contributed by atoms with Crippen molar-refractivity contribution in [2.24, 2.45) is 0 Å². The second kappa shape index (κ2) is 9.64. The van der Waals surface area contributed by atoms with Crippen molar-refractivity contribution in [1.82, 2.24) is 9.55 Å². The minimum absolute atomic E-state index is 0.151. The number of amides is 2. The summed E-state index contributed by atoms with van der Waals surface area (Å²) < 4.78 is 7.60. The van der Waals surface area contributed by atoms with Gasteiger partial charge in [0.05, 0.1) is 18.5 Å². The lowest BCUT2D eigenvalue weighted by Gasteiger charge is -2.36. The molecule has 0 fully saturated rings. The minimum Gasteiger partial charge on any atom is -0.497 e. The molecule has 1 aromatic heterocycles. The first-order valence-corrected chi connectivity index (χ1v) is 14.3. The Morgan fingerprint density at radius 1 is 0.951 bits per heavy atom. The second-order valence-corrected chi connectivity index (χ2v) is 12.0. The Labute approximate surface area is 249 Å². The number of rotatable bonds is 5. The number of carbonyl (C=O) groups is 2. The minimum atomic E-state index is -1.53. The van der Waals surface area contributed by atoms with E-state index in [2.05, 4.69) is 19.2 Å². The van der Waals surface area contributed by atoms with Gasteiger partial charge >= 0.3 is 0 Å². The summed E-state index contributed by atoms with van der Waals surface area (Å²) in [6, 6.07) is 16.4. The number of benzene rings is 3. The van der Waals surface area contributed by atoms with Crippen molar-refractivity contribution in [3.8, 4) is 17.1 Å². The molecular formula is C32H30Cl2N4O3. The van der Waals surface area contributed by atoms with E-state index in [9.17, 15) is 9.59 Å². The van der Waals surface area contributed by atoms with Crippen molar-refractivity contribution >= 4 is 46.4 Å². The molecule has 3 heterocycles. The fourth-order valence-corrected chi connectivity index (χ4v) is 6.52. The van der Waals surface area contributed by atoms with Crippen LogP contribution in [0.25, 0.3) is 11.4 Å². The largest absolute Gasteiger partial charge is 0.497 e. The molecule has 2 aliphatic heterocycles. The Kier molecular flexibility index (Phi) is 6.43. The molecule has 41 heavy (non-hydrogen) atoms. The maximum atomic E-state index is 14.6. The summed E-state index contributed by atoms with van der Waals surface area (Å²) >= 11 is 12.8. The number of hydrogen-bond donors (Lipinski definition) is 1. The van der Waals surface area contributed by atoms with Crippen LogP contribution in [0.4, 0.5) is 11.4 Å². The van der Waals surface area contributed by atoms with Gasteiger partial charge in [0.2, 0.25) is 0 Å². The van der Waals surface area contributed by atoms with Crippen molar-refractivity contribution in [2.75, 3.05) is 17.3 Å². The fourth-order valence-electron chi connectivity index (χ4n) is 6.18. The first-order chi connectivity index (χ1) is 19.5. The third-order valence-electron chi connectivity index (χ3n) is 7.99. The SMILES string of the molecule is COc1ccc(C(C)C)c(-c2nc3c(n2C(C)C)[C@@]2(C(=O)Nc4cc(Cl)ccc42)N(c2cc(Cl)ccc2C)C3=O)c1. The second-order valence-electron chi connectivity index (χ2n) is 11.1. The van der Waals surface area contributed by atoms with E-state index in [-0.39, 0.29) is 29.5 Å². The third kappa shape index (κ3) is 3.82. The summed E-state index contributed by atoms with van der Waals surface area (Å²) in [7, 11) is 1.62. The van der Waals surface area contributed by atoms with E-state index in [0.717, 1.165) is 16.7 Å². The van der Waals surface area contributed by atoms with Crippen LogP contribution in [0.1, 0.15) is 72.5 Å². The van der Waals surface area contributed by atoms with Crippen LogP contribution in [0, 0.1) is 6.92 Å². The van der Waals surface area contributed by atoms with Gasteiger partial charge in [0.1, 0.15) is 11.6 Å². The number of halogens is 2. The highest BCUT2D eigenvalue weighted by molar-refractivity contribution is 6.32. The zero-order valence-electron chi connectivity index (χ0n) is 23.7. The molecule has 0 bridgehead atoms. The van der Waals surface area contributed by atoms with E-state index in [4.69, 9.17) is 32.9 Å². The first-order valence-electron chi connectivity index (χ1n) is 13.5. The van der Waals surface area contributed by atoms with Gasteiger partial charge in [-0.1, -0.05) is 55.2 Å². The molecule has 0 aliphatic carbocycles. The Hall–Kier alpha value is -3.81. The average Bonchev–Trinajstić information content (AvgIpc) is 3.53. The lowest BCUT2D eigenvalue weighted by Crippen LogP contribution is -2.51. The molecule has 4 aromatic rings. The van der Waals surface area contributed by atoms with Gasteiger partial charge in [0.15, 0.2) is 11.2 Å². The molecule has 2 amide bonds. The summed E-state index contributed by atoms with van der Waals surface area (Å²) in [6.45, 7) is 10.2. The van der Waals surface area contributed by atoms with Crippen LogP contribution < -0.4 is 15.0 Å². The van der Waals surface area contributed by atoms with E-state index < -0.39 is 5.54 Å². The Morgan fingerprint density at radius 2 is 1.66 bits per heavy atom. The van der Waals surface area contributed by atoms with Crippen LogP contribution in [0.3, 0.4) is 0 Å². The van der Waals surface area contributed by atoms with Crippen molar-refractivity contribution < 1.29 is 14.3 Å². The number of carbonyl (C=O) groups excluding carboxylic acids is 2. The van der Waals surface area contributed by atoms with E-state index in [0.29, 0.717) is 44.3 Å². The highest BCUT2D eigenvalue weighted by Gasteiger charge is 2.64. The maximum absolute atomic E-state index is 14.6. The molecule has 6 rings (SSSR count). The number of fused-ring (bicyclic) bond motifs is 4. The van der Waals surface area contributed by atoms with Crippen LogP contribution in [0.5, 0.6) is 5.75 Å². The standard InChI is InChI=1S/C32H30Cl2N4O3/c1-16(2)22-11-10-21(41-6)15-23(22)29-36-27-28(37(29)17(3)4)32(24-12-9-19(33)13-25(24)35-31(32)40)38(30(27)39)26-14-20(34)8-7-18(26)5/h7-17H,1-6H3,(H,35,40)/t32-/m0/s1. The molecule has 0 saturated carbocycles. The monoisotopic (exact) mass is 588 g/mol. The van der Waals surface area contributed by atoms with E-state index in [1.54, 1.807) is 36.3 Å². The number of aryl methyl sites for hydroxylation is 1. The number of nitrogens with zero attached hydrogens (tertiary/aromatic N) is 3. The molecule has 0 saturated heterocycles. The summed E-state index contributed by atoms with van der Waals surface area (Å²) in [5.41, 5.74) is 3.64. The summed E-state index contributed by atoms with van der Waals surface area (Å²) in [4.78, 5) is 35.6. The van der Waals surface area contributed by atoms with E-state index in [1.807, 2.05) is 55.7 Å². The number of nitrogens with one attached hydrogen (secondary N) is 1. The number of anilines is 2. The van der Waals surface area contributed by atoms with Gasteiger partial charge in [-0.2, -0.15) is 0 Å². The number of imidazole rings is 1. The smallest absolute Gasteiger partial charge is 0.280 e. The predicted molar refractivity (Wildman–Crippen MR) is 163 cm³/mol. The van der Waals surface area contributed by atoms with Crippen LogP contribution >= 0.6 is 23.2 Å². The van der Waals surface area contributed by atoms with Gasteiger partial charge in [-0.25, -0.2) is 4.98 Å². The molecule has 1 atom stereocenters. The van der Waals surface area contributed by atoms with Crippen LogP contribution in [0.2, 0.25) is 10.0 Å². The first kappa shape index (κ1) is 27.4. The summed E-state index contributed by atoms with van der Waals surface area (Å²) in [5, 5.41) is 3.95. The average molecular weight is 590 g/mol. The van der Waals surface area contributed by atoms with Crippen LogP contribution in [-0.2, 0) is 10.3 Å². The fraction of sp³-hybridized carbons (Fsp3) is 0.281. The molecule has 1 spiro atoms. The quantitative estimate of drug-likeness (QED) is 0.259. The Balaban J connectivity index is 1.75. The molecule has 1 N–H and O–H groups in total. The zero-order valence-corrected chi connectivity index (χ0v) is 25.2. The third-order valence-corrected chi connectivity index (χ3v) is 8.47.